The predicted octanol–water partition coefficient (Wildman–Crippen LogP) is 0.932. The quantitative estimate of drug-likeness (QED) is 0.765. The molecule has 21 heavy (non-hydrogen) atoms. The molecule has 2 aliphatic heterocycles. The van der Waals surface area contributed by atoms with Gasteiger partial charge in [0.1, 0.15) is 0 Å². The zero-order valence-corrected chi connectivity index (χ0v) is 12.9. The molecule has 3 aliphatic rings. The van der Waals surface area contributed by atoms with Crippen molar-refractivity contribution in [3.63, 3.8) is 0 Å². The third-order valence-corrected chi connectivity index (χ3v) is 5.22. The highest BCUT2D eigenvalue weighted by molar-refractivity contribution is 5.78. The number of likely N-dealkylation sites (tertiary alicyclic amines) is 2. The molecule has 1 N–H and O–H groups in total. The van der Waals surface area contributed by atoms with E-state index >= 15 is 0 Å². The van der Waals surface area contributed by atoms with E-state index in [9.17, 15) is 4.79 Å². The molecule has 1 atom stereocenters. The summed E-state index contributed by atoms with van der Waals surface area (Å²) in [5.74, 6) is 3.80. The lowest BCUT2D eigenvalue weighted by Crippen LogP contribution is -2.42. The van der Waals surface area contributed by atoms with Crippen molar-refractivity contribution in [1.82, 2.24) is 15.1 Å². The van der Waals surface area contributed by atoms with Gasteiger partial charge in [-0.1, -0.05) is 5.92 Å². The molecule has 0 spiro atoms. The minimum Gasteiger partial charge on any atom is -0.356 e. The first-order chi connectivity index (χ1) is 10.3. The first-order valence-corrected chi connectivity index (χ1v) is 8.44. The predicted molar refractivity (Wildman–Crippen MR) is 83.7 cm³/mol. The molecule has 116 valence electrons. The smallest absolute Gasteiger partial charge is 0.223 e. The van der Waals surface area contributed by atoms with Crippen LogP contribution >= 0.6 is 0 Å². The van der Waals surface area contributed by atoms with Gasteiger partial charge in [0, 0.05) is 25.0 Å². The first kappa shape index (κ1) is 14.9. The van der Waals surface area contributed by atoms with Crippen molar-refractivity contribution in [2.24, 2.45) is 11.8 Å². The molecule has 0 radical (unpaired) electrons. The molecule has 4 nitrogen and oxygen atoms in total. The molecular weight excluding hydrogens is 262 g/mol. The number of carbonyl (C=O) groups excluding carboxylic acids is 1. The zero-order valence-electron chi connectivity index (χ0n) is 12.9. The number of rotatable bonds is 5. The van der Waals surface area contributed by atoms with E-state index in [4.69, 9.17) is 6.42 Å². The summed E-state index contributed by atoms with van der Waals surface area (Å²) in [6.07, 6.45) is 11.3. The van der Waals surface area contributed by atoms with Crippen LogP contribution in [0.4, 0.5) is 0 Å². The van der Waals surface area contributed by atoms with Crippen molar-refractivity contribution in [3.8, 4) is 12.3 Å². The van der Waals surface area contributed by atoms with Gasteiger partial charge < -0.3 is 10.2 Å². The van der Waals surface area contributed by atoms with Crippen LogP contribution in [0.25, 0.3) is 0 Å². The number of amides is 1. The van der Waals surface area contributed by atoms with Crippen LogP contribution in [0.2, 0.25) is 0 Å². The largest absolute Gasteiger partial charge is 0.356 e. The molecule has 3 fully saturated rings. The summed E-state index contributed by atoms with van der Waals surface area (Å²) in [6.45, 7) is 5.92. The van der Waals surface area contributed by atoms with Crippen LogP contribution in [0.5, 0.6) is 0 Å². The maximum Gasteiger partial charge on any atom is 0.223 e. The van der Waals surface area contributed by atoms with Crippen LogP contribution < -0.4 is 5.32 Å². The Bertz CT molecular complexity index is 405. The van der Waals surface area contributed by atoms with E-state index in [0.717, 1.165) is 38.5 Å². The molecule has 3 rings (SSSR count). The van der Waals surface area contributed by atoms with Gasteiger partial charge in [-0.3, -0.25) is 9.69 Å². The molecule has 0 aromatic rings. The van der Waals surface area contributed by atoms with Gasteiger partial charge in [0.2, 0.25) is 5.91 Å². The molecule has 0 aromatic carbocycles. The Balaban J connectivity index is 1.34. The molecule has 2 saturated heterocycles. The lowest BCUT2D eigenvalue weighted by atomic mass is 9.95. The molecule has 1 amide bonds. The highest BCUT2D eigenvalue weighted by Crippen LogP contribution is 2.31. The topological polar surface area (TPSA) is 35.6 Å². The molecule has 4 heteroatoms. The molecule has 1 saturated carbocycles. The number of piperidine rings is 1. The molecule has 1 aliphatic carbocycles. The van der Waals surface area contributed by atoms with E-state index in [-0.39, 0.29) is 11.8 Å². The molecule has 0 aromatic heterocycles. The van der Waals surface area contributed by atoms with Crippen molar-refractivity contribution in [2.75, 3.05) is 39.3 Å². The number of hydrogen-bond donors (Lipinski definition) is 1. The van der Waals surface area contributed by atoms with Crippen molar-refractivity contribution in [2.45, 2.75) is 38.1 Å². The van der Waals surface area contributed by atoms with Crippen molar-refractivity contribution < 1.29 is 4.79 Å². The highest BCUT2D eigenvalue weighted by Gasteiger charge is 2.34. The summed E-state index contributed by atoms with van der Waals surface area (Å²) < 4.78 is 0. The van der Waals surface area contributed by atoms with Crippen molar-refractivity contribution >= 4 is 5.91 Å². The molecule has 0 unspecified atom stereocenters. The minimum absolute atomic E-state index is 0.194. The van der Waals surface area contributed by atoms with Gasteiger partial charge in [0.15, 0.2) is 0 Å². The lowest BCUT2D eigenvalue weighted by molar-refractivity contribution is -0.126. The number of carbonyl (C=O) groups is 1. The fraction of sp³-hybridized carbons (Fsp3) is 0.824. The van der Waals surface area contributed by atoms with Gasteiger partial charge in [0.25, 0.3) is 0 Å². The summed E-state index contributed by atoms with van der Waals surface area (Å²) in [4.78, 5) is 17.1. The summed E-state index contributed by atoms with van der Waals surface area (Å²) in [7, 11) is 0. The highest BCUT2D eigenvalue weighted by atomic mass is 16.1. The van der Waals surface area contributed by atoms with E-state index in [2.05, 4.69) is 21.0 Å². The SMILES string of the molecule is C#CCN1CCC(C(=O)NC[C@@H]2CCN(C3CC3)C2)CC1. The van der Waals surface area contributed by atoms with E-state index in [0.29, 0.717) is 12.5 Å². The standard InChI is InChI=1S/C17H27N3O/c1-2-8-19-9-6-15(7-10-19)17(21)18-12-14-5-11-20(13-14)16-3-4-16/h1,14-16H,3-13H2,(H,18,21)/t14-/m0/s1. The maximum absolute atomic E-state index is 12.3. The summed E-state index contributed by atoms with van der Waals surface area (Å²) in [5, 5.41) is 3.20. The summed E-state index contributed by atoms with van der Waals surface area (Å²) >= 11 is 0. The second-order valence-electron chi connectivity index (χ2n) is 6.88. The van der Waals surface area contributed by atoms with Crippen molar-refractivity contribution in [3.05, 3.63) is 0 Å². The van der Waals surface area contributed by atoms with Gasteiger partial charge in [-0.05, 0) is 57.7 Å². The van der Waals surface area contributed by atoms with E-state index in [1.165, 1.54) is 32.4 Å². The third-order valence-electron chi connectivity index (χ3n) is 5.22. The second-order valence-corrected chi connectivity index (χ2v) is 6.88. The Morgan fingerprint density at radius 1 is 1.14 bits per heavy atom. The zero-order chi connectivity index (χ0) is 14.7. The van der Waals surface area contributed by atoms with Crippen LogP contribution in [0.15, 0.2) is 0 Å². The summed E-state index contributed by atoms with van der Waals surface area (Å²) in [6, 6.07) is 0.867. The van der Waals surface area contributed by atoms with E-state index < -0.39 is 0 Å². The Morgan fingerprint density at radius 3 is 2.57 bits per heavy atom. The summed E-state index contributed by atoms with van der Waals surface area (Å²) in [5.41, 5.74) is 0. The van der Waals surface area contributed by atoms with Crippen molar-refractivity contribution in [1.29, 1.82) is 0 Å². The Kier molecular flexibility index (Phi) is 4.82. The normalized spacial score (nSPS) is 28.4. The number of hydrogen-bond acceptors (Lipinski definition) is 3. The van der Waals surface area contributed by atoms with Crippen LogP contribution in [-0.4, -0.2) is 61.0 Å². The lowest BCUT2D eigenvalue weighted by Gasteiger charge is -2.30. The van der Waals surface area contributed by atoms with E-state index in [1.54, 1.807) is 0 Å². The van der Waals surface area contributed by atoms with Gasteiger partial charge in [-0.25, -0.2) is 0 Å². The first-order valence-electron chi connectivity index (χ1n) is 8.44. The Hall–Kier alpha value is -1.05. The van der Waals surface area contributed by atoms with Gasteiger partial charge in [-0.15, -0.1) is 6.42 Å². The average molecular weight is 289 g/mol. The van der Waals surface area contributed by atoms with E-state index in [1.807, 2.05) is 0 Å². The van der Waals surface area contributed by atoms with Crippen LogP contribution in [-0.2, 0) is 4.79 Å². The Morgan fingerprint density at radius 2 is 1.90 bits per heavy atom. The van der Waals surface area contributed by atoms with Crippen LogP contribution in [0.3, 0.4) is 0 Å². The van der Waals surface area contributed by atoms with Crippen LogP contribution in [0.1, 0.15) is 32.1 Å². The molecule has 2 heterocycles. The number of nitrogens with zero attached hydrogens (tertiary/aromatic N) is 2. The average Bonchev–Trinajstić information content (AvgIpc) is 3.25. The van der Waals surface area contributed by atoms with Gasteiger partial charge in [0.05, 0.1) is 6.54 Å². The fourth-order valence-electron chi connectivity index (χ4n) is 3.67. The maximum atomic E-state index is 12.3. The fourth-order valence-corrected chi connectivity index (χ4v) is 3.67. The second kappa shape index (κ2) is 6.81. The Labute approximate surface area is 128 Å². The monoisotopic (exact) mass is 289 g/mol. The number of nitrogens with one attached hydrogen (secondary N) is 1. The minimum atomic E-state index is 0.194. The molecule has 0 bridgehead atoms. The van der Waals surface area contributed by atoms with Gasteiger partial charge in [-0.2, -0.15) is 0 Å². The third kappa shape index (κ3) is 3.99. The number of terminal acetylenes is 1. The van der Waals surface area contributed by atoms with Crippen LogP contribution in [0, 0.1) is 24.2 Å². The van der Waals surface area contributed by atoms with Gasteiger partial charge >= 0.3 is 0 Å². The molecular formula is C17H27N3O.